The summed E-state index contributed by atoms with van der Waals surface area (Å²) in [6.45, 7) is 0. The van der Waals surface area contributed by atoms with Crippen molar-refractivity contribution in [3.8, 4) is 12.1 Å². The minimum absolute atomic E-state index is 0.188. The molecular formula is C11H7FN4. The minimum Gasteiger partial charge on any atom is -0.388 e. The summed E-state index contributed by atoms with van der Waals surface area (Å²) in [5, 5.41) is 17.1. The van der Waals surface area contributed by atoms with E-state index in [2.05, 4.69) is 4.99 Å². The van der Waals surface area contributed by atoms with Crippen LogP contribution in [0.2, 0.25) is 0 Å². The zero-order valence-corrected chi connectivity index (χ0v) is 8.18. The van der Waals surface area contributed by atoms with Crippen molar-refractivity contribution in [2.75, 3.05) is 0 Å². The maximum atomic E-state index is 12.8. The first-order chi connectivity index (χ1) is 7.67. The maximum absolute atomic E-state index is 12.8. The van der Waals surface area contributed by atoms with E-state index in [0.717, 1.165) is 0 Å². The van der Waals surface area contributed by atoms with Gasteiger partial charge in [-0.2, -0.15) is 10.5 Å². The Hall–Kier alpha value is -2.66. The SMILES string of the molecule is N#CC(N)=C(C#N)N=Cc1cccc(F)c1. The normalized spacial score (nSPS) is 11.7. The summed E-state index contributed by atoms with van der Waals surface area (Å²) in [5.74, 6) is -0.403. The van der Waals surface area contributed by atoms with E-state index < -0.39 is 5.82 Å². The van der Waals surface area contributed by atoms with E-state index in [1.807, 2.05) is 0 Å². The molecule has 0 radical (unpaired) electrons. The highest BCUT2D eigenvalue weighted by molar-refractivity contribution is 5.80. The summed E-state index contributed by atoms with van der Waals surface area (Å²) >= 11 is 0. The van der Waals surface area contributed by atoms with Crippen LogP contribution in [0.3, 0.4) is 0 Å². The van der Waals surface area contributed by atoms with Gasteiger partial charge < -0.3 is 5.73 Å². The van der Waals surface area contributed by atoms with Gasteiger partial charge in [0.25, 0.3) is 0 Å². The molecule has 2 N–H and O–H groups in total. The van der Waals surface area contributed by atoms with E-state index in [9.17, 15) is 4.39 Å². The van der Waals surface area contributed by atoms with Gasteiger partial charge in [0, 0.05) is 6.21 Å². The highest BCUT2D eigenvalue weighted by atomic mass is 19.1. The molecule has 78 valence electrons. The van der Waals surface area contributed by atoms with Gasteiger partial charge in [-0.1, -0.05) is 12.1 Å². The van der Waals surface area contributed by atoms with Crippen LogP contribution in [0.4, 0.5) is 4.39 Å². The Balaban J connectivity index is 2.99. The molecule has 0 amide bonds. The highest BCUT2D eigenvalue weighted by Gasteiger charge is 1.98. The lowest BCUT2D eigenvalue weighted by atomic mass is 10.2. The van der Waals surface area contributed by atoms with E-state index >= 15 is 0 Å². The van der Waals surface area contributed by atoms with Gasteiger partial charge in [-0.25, -0.2) is 9.38 Å². The van der Waals surface area contributed by atoms with Gasteiger partial charge in [-0.15, -0.1) is 0 Å². The lowest BCUT2D eigenvalue weighted by Gasteiger charge is -1.93. The number of nitrogens with two attached hydrogens (primary N) is 1. The second-order valence-corrected chi connectivity index (χ2v) is 2.80. The first-order valence-corrected chi connectivity index (χ1v) is 4.27. The van der Waals surface area contributed by atoms with Crippen LogP contribution in [-0.2, 0) is 0 Å². The Labute approximate surface area is 91.8 Å². The van der Waals surface area contributed by atoms with Crippen LogP contribution < -0.4 is 5.73 Å². The summed E-state index contributed by atoms with van der Waals surface area (Å²) < 4.78 is 12.8. The van der Waals surface area contributed by atoms with Crippen molar-refractivity contribution in [1.29, 1.82) is 10.5 Å². The smallest absolute Gasteiger partial charge is 0.174 e. The average Bonchev–Trinajstić information content (AvgIpc) is 2.29. The number of nitrogens with zero attached hydrogens (tertiary/aromatic N) is 3. The van der Waals surface area contributed by atoms with Crippen LogP contribution in [0.25, 0.3) is 0 Å². The van der Waals surface area contributed by atoms with Crippen molar-refractivity contribution < 1.29 is 4.39 Å². The Morgan fingerprint density at radius 2 is 2.12 bits per heavy atom. The van der Waals surface area contributed by atoms with Gasteiger partial charge in [0.15, 0.2) is 5.70 Å². The van der Waals surface area contributed by atoms with Gasteiger partial charge in [-0.05, 0) is 17.7 Å². The van der Waals surface area contributed by atoms with E-state index in [1.165, 1.54) is 24.4 Å². The number of halogens is 1. The second-order valence-electron chi connectivity index (χ2n) is 2.80. The molecule has 1 aromatic rings. The minimum atomic E-state index is -0.403. The maximum Gasteiger partial charge on any atom is 0.174 e. The molecule has 16 heavy (non-hydrogen) atoms. The van der Waals surface area contributed by atoms with Crippen LogP contribution in [0.5, 0.6) is 0 Å². The molecule has 0 saturated heterocycles. The van der Waals surface area contributed by atoms with E-state index in [1.54, 1.807) is 18.2 Å². The number of aliphatic imine (C=N–C) groups is 1. The van der Waals surface area contributed by atoms with Gasteiger partial charge in [-0.3, -0.25) is 0 Å². The van der Waals surface area contributed by atoms with E-state index in [0.29, 0.717) is 5.56 Å². The largest absolute Gasteiger partial charge is 0.388 e. The molecule has 1 rings (SSSR count). The molecule has 0 aliphatic rings. The molecule has 0 aliphatic heterocycles. The quantitative estimate of drug-likeness (QED) is 0.597. The molecule has 0 fully saturated rings. The molecular weight excluding hydrogens is 207 g/mol. The Kier molecular flexibility index (Phi) is 3.77. The predicted octanol–water partition coefficient (Wildman–Crippen LogP) is 1.46. The first-order valence-electron chi connectivity index (χ1n) is 4.27. The summed E-state index contributed by atoms with van der Waals surface area (Å²) in [6.07, 6.45) is 1.27. The van der Waals surface area contributed by atoms with Crippen LogP contribution in [-0.4, -0.2) is 6.21 Å². The number of allylic oxidation sites excluding steroid dienone is 2. The molecule has 0 saturated carbocycles. The third-order valence-electron chi connectivity index (χ3n) is 1.67. The first kappa shape index (κ1) is 11.4. The molecule has 4 nitrogen and oxygen atoms in total. The molecule has 0 spiro atoms. The third-order valence-corrected chi connectivity index (χ3v) is 1.67. The van der Waals surface area contributed by atoms with E-state index in [-0.39, 0.29) is 11.4 Å². The molecule has 0 unspecified atom stereocenters. The molecule has 0 heterocycles. The fraction of sp³-hybridized carbons (Fsp3) is 0. The molecule has 0 aromatic heterocycles. The number of benzene rings is 1. The standard InChI is InChI=1S/C11H7FN4/c12-9-3-1-2-8(4-9)7-16-11(6-14)10(15)5-13/h1-4,7H,15H2. The zero-order valence-electron chi connectivity index (χ0n) is 8.18. The zero-order chi connectivity index (χ0) is 12.0. The van der Waals surface area contributed by atoms with E-state index in [4.69, 9.17) is 16.3 Å². The molecule has 1 aromatic carbocycles. The van der Waals surface area contributed by atoms with Crippen LogP contribution >= 0.6 is 0 Å². The third kappa shape index (κ3) is 2.93. The van der Waals surface area contributed by atoms with Crippen molar-refractivity contribution >= 4 is 6.21 Å². The summed E-state index contributed by atoms with van der Waals surface area (Å²) in [4.78, 5) is 3.70. The Bertz CT molecular complexity index is 532. The van der Waals surface area contributed by atoms with Gasteiger partial charge in [0.1, 0.15) is 23.7 Å². The average molecular weight is 214 g/mol. The van der Waals surface area contributed by atoms with Gasteiger partial charge in [0.05, 0.1) is 0 Å². The van der Waals surface area contributed by atoms with Crippen molar-refractivity contribution in [1.82, 2.24) is 0 Å². The molecule has 5 heteroatoms. The molecule has 0 aliphatic carbocycles. The number of nitriles is 2. The second kappa shape index (κ2) is 5.28. The van der Waals surface area contributed by atoms with Crippen molar-refractivity contribution in [3.63, 3.8) is 0 Å². The molecule has 0 bridgehead atoms. The fourth-order valence-corrected chi connectivity index (χ4v) is 0.938. The molecule has 0 atom stereocenters. The summed E-state index contributed by atoms with van der Waals surface area (Å²) in [7, 11) is 0. The van der Waals surface area contributed by atoms with Crippen molar-refractivity contribution in [2.24, 2.45) is 10.7 Å². The number of hydrogen-bond acceptors (Lipinski definition) is 4. The summed E-state index contributed by atoms with van der Waals surface area (Å²) in [6, 6.07) is 8.96. The van der Waals surface area contributed by atoms with Crippen LogP contribution in [0, 0.1) is 28.5 Å². The van der Waals surface area contributed by atoms with Crippen molar-refractivity contribution in [3.05, 3.63) is 47.0 Å². The van der Waals surface area contributed by atoms with Crippen molar-refractivity contribution in [2.45, 2.75) is 0 Å². The predicted molar refractivity (Wildman–Crippen MR) is 56.4 cm³/mol. The Morgan fingerprint density at radius 1 is 1.38 bits per heavy atom. The fourth-order valence-electron chi connectivity index (χ4n) is 0.938. The van der Waals surface area contributed by atoms with Gasteiger partial charge in [0.2, 0.25) is 0 Å². The van der Waals surface area contributed by atoms with Gasteiger partial charge >= 0.3 is 0 Å². The highest BCUT2D eigenvalue weighted by Crippen LogP contribution is 2.03. The van der Waals surface area contributed by atoms with Crippen LogP contribution in [0.15, 0.2) is 40.7 Å². The monoisotopic (exact) mass is 214 g/mol. The lowest BCUT2D eigenvalue weighted by molar-refractivity contribution is 0.627. The lowest BCUT2D eigenvalue weighted by Crippen LogP contribution is -1.97. The number of rotatable bonds is 2. The van der Waals surface area contributed by atoms with Crippen LogP contribution in [0.1, 0.15) is 5.56 Å². The topological polar surface area (TPSA) is 86.0 Å². The Morgan fingerprint density at radius 3 is 2.69 bits per heavy atom. The summed E-state index contributed by atoms with van der Waals surface area (Å²) in [5.41, 5.74) is 5.26. The number of hydrogen-bond donors (Lipinski definition) is 1.